The van der Waals surface area contributed by atoms with Gasteiger partial charge in [-0.25, -0.2) is 0 Å². The Morgan fingerprint density at radius 2 is 2.19 bits per heavy atom. The Morgan fingerprint density at radius 1 is 1.43 bits per heavy atom. The maximum absolute atomic E-state index is 11.8. The number of amides is 1. The summed E-state index contributed by atoms with van der Waals surface area (Å²) in [6.45, 7) is 5.68. The van der Waals surface area contributed by atoms with Gasteiger partial charge in [0.1, 0.15) is 12.0 Å². The van der Waals surface area contributed by atoms with E-state index in [0.29, 0.717) is 24.4 Å². The Bertz CT molecular complexity index is 592. The van der Waals surface area contributed by atoms with Gasteiger partial charge in [0.2, 0.25) is 0 Å². The Kier molecular flexibility index (Phi) is 6.45. The predicted octanol–water partition coefficient (Wildman–Crippen LogP) is 1.79. The molecule has 116 valence electrons. The van der Waals surface area contributed by atoms with Gasteiger partial charge in [-0.3, -0.25) is 9.48 Å². The van der Waals surface area contributed by atoms with Crippen LogP contribution in [0.3, 0.4) is 0 Å². The predicted molar refractivity (Wildman–Crippen MR) is 82.5 cm³/mol. The summed E-state index contributed by atoms with van der Waals surface area (Å²) in [6, 6.07) is 3.70. The number of rotatable bonds is 6. The van der Waals surface area contributed by atoms with E-state index in [9.17, 15) is 4.79 Å². The highest BCUT2D eigenvalue weighted by atomic mass is 35.5. The molecule has 0 aliphatic carbocycles. The third-order valence-electron chi connectivity index (χ3n) is 3.05. The number of nitrogens with one attached hydrogen (secondary N) is 1. The van der Waals surface area contributed by atoms with Crippen LogP contribution < -0.4 is 11.1 Å². The quantitative estimate of drug-likeness (QED) is 0.796. The number of hydrogen-bond donors (Lipinski definition) is 2. The summed E-state index contributed by atoms with van der Waals surface area (Å²) >= 11 is 0. The first-order valence-electron chi connectivity index (χ1n) is 6.67. The van der Waals surface area contributed by atoms with Crippen molar-refractivity contribution in [2.75, 3.05) is 6.54 Å². The van der Waals surface area contributed by atoms with E-state index in [2.05, 4.69) is 10.4 Å². The second-order valence-corrected chi connectivity index (χ2v) is 4.77. The number of hydrogen-bond acceptors (Lipinski definition) is 4. The van der Waals surface area contributed by atoms with Crippen LogP contribution in [0.2, 0.25) is 0 Å². The largest absolute Gasteiger partial charge is 0.467 e. The van der Waals surface area contributed by atoms with E-state index >= 15 is 0 Å². The lowest BCUT2D eigenvalue weighted by molar-refractivity contribution is 0.0952. The van der Waals surface area contributed by atoms with Gasteiger partial charge in [-0.2, -0.15) is 5.10 Å². The van der Waals surface area contributed by atoms with Crippen molar-refractivity contribution in [3.05, 3.63) is 41.1 Å². The second kappa shape index (κ2) is 7.85. The zero-order valence-corrected chi connectivity index (χ0v) is 13.1. The van der Waals surface area contributed by atoms with Crippen molar-refractivity contribution in [1.29, 1.82) is 0 Å². The van der Waals surface area contributed by atoms with Crippen molar-refractivity contribution >= 4 is 18.3 Å². The molecule has 2 aromatic heterocycles. The Balaban J connectivity index is 0.00000220. The molecule has 0 bridgehead atoms. The van der Waals surface area contributed by atoms with Crippen LogP contribution in [0.25, 0.3) is 0 Å². The highest BCUT2D eigenvalue weighted by Crippen LogP contribution is 2.07. The lowest BCUT2D eigenvalue weighted by atomic mass is 10.3. The monoisotopic (exact) mass is 312 g/mol. The third-order valence-corrected chi connectivity index (χ3v) is 3.05. The summed E-state index contributed by atoms with van der Waals surface area (Å²) in [5, 5.41) is 7.23. The van der Waals surface area contributed by atoms with Crippen molar-refractivity contribution < 1.29 is 9.21 Å². The fraction of sp³-hybridized carbons (Fsp3) is 0.429. The molecule has 0 aliphatic heterocycles. The smallest absolute Gasteiger partial charge is 0.254 e. The molecule has 0 saturated carbocycles. The topological polar surface area (TPSA) is 86.1 Å². The van der Waals surface area contributed by atoms with Gasteiger partial charge >= 0.3 is 0 Å². The molecular weight excluding hydrogens is 292 g/mol. The highest BCUT2D eigenvalue weighted by molar-refractivity contribution is 5.93. The average molecular weight is 313 g/mol. The number of carbonyl (C=O) groups excluding carboxylic acids is 1. The third kappa shape index (κ3) is 4.61. The summed E-state index contributed by atoms with van der Waals surface area (Å²) in [5.74, 6) is 0.472. The lowest BCUT2D eigenvalue weighted by Crippen LogP contribution is -2.25. The molecule has 0 saturated heterocycles. The van der Waals surface area contributed by atoms with Crippen LogP contribution in [0.5, 0.6) is 0 Å². The molecule has 0 radical (unpaired) electrons. The number of furan rings is 1. The number of aryl methyl sites for hydroxylation is 3. The molecule has 6 nitrogen and oxygen atoms in total. The Morgan fingerprint density at radius 3 is 2.76 bits per heavy atom. The zero-order valence-electron chi connectivity index (χ0n) is 12.3. The highest BCUT2D eigenvalue weighted by Gasteiger charge is 2.09. The summed E-state index contributed by atoms with van der Waals surface area (Å²) in [4.78, 5) is 11.8. The van der Waals surface area contributed by atoms with E-state index in [4.69, 9.17) is 10.2 Å². The fourth-order valence-corrected chi connectivity index (χ4v) is 2.04. The van der Waals surface area contributed by atoms with Gasteiger partial charge in [0.25, 0.3) is 5.91 Å². The van der Waals surface area contributed by atoms with Gasteiger partial charge in [-0.1, -0.05) is 0 Å². The summed E-state index contributed by atoms with van der Waals surface area (Å²) < 4.78 is 7.08. The van der Waals surface area contributed by atoms with E-state index in [1.807, 2.05) is 24.6 Å². The van der Waals surface area contributed by atoms with Gasteiger partial charge in [0.05, 0.1) is 17.8 Å². The summed E-state index contributed by atoms with van der Waals surface area (Å²) in [5.41, 5.74) is 8.09. The first kappa shape index (κ1) is 17.3. The SMILES string of the molecule is Cc1cc(C)n(CCCNC(=O)c2coc(CN)c2)n1.Cl. The number of nitrogens with zero attached hydrogens (tertiary/aromatic N) is 2. The molecule has 7 heteroatoms. The molecule has 0 unspecified atom stereocenters. The van der Waals surface area contributed by atoms with Crippen LogP contribution in [0.1, 0.15) is 33.9 Å². The van der Waals surface area contributed by atoms with Crippen LogP contribution in [0, 0.1) is 13.8 Å². The van der Waals surface area contributed by atoms with Crippen molar-refractivity contribution in [3.63, 3.8) is 0 Å². The van der Waals surface area contributed by atoms with Crippen LogP contribution in [-0.4, -0.2) is 22.2 Å². The zero-order chi connectivity index (χ0) is 14.5. The van der Waals surface area contributed by atoms with Gasteiger partial charge in [0, 0.05) is 18.8 Å². The van der Waals surface area contributed by atoms with E-state index in [1.54, 1.807) is 6.07 Å². The normalized spacial score (nSPS) is 10.2. The number of aromatic nitrogens is 2. The maximum atomic E-state index is 11.8. The average Bonchev–Trinajstić information content (AvgIpc) is 3.01. The number of nitrogens with two attached hydrogens (primary N) is 1. The van der Waals surface area contributed by atoms with Crippen LogP contribution in [0.4, 0.5) is 0 Å². The molecular formula is C14H21ClN4O2. The lowest BCUT2D eigenvalue weighted by Gasteiger charge is -2.05. The van der Waals surface area contributed by atoms with E-state index < -0.39 is 0 Å². The van der Waals surface area contributed by atoms with Crippen LogP contribution in [0.15, 0.2) is 22.8 Å². The summed E-state index contributed by atoms with van der Waals surface area (Å²) in [6.07, 6.45) is 2.26. The standard InChI is InChI=1S/C14H20N4O2.ClH/c1-10-6-11(2)18(17-10)5-3-4-16-14(19)12-7-13(8-15)20-9-12;/h6-7,9H,3-5,8,15H2,1-2H3,(H,16,19);1H. The Labute approximate surface area is 130 Å². The second-order valence-electron chi connectivity index (χ2n) is 4.77. The summed E-state index contributed by atoms with van der Waals surface area (Å²) in [7, 11) is 0. The number of halogens is 1. The molecule has 0 aliphatic rings. The first-order chi connectivity index (χ1) is 9.60. The van der Waals surface area contributed by atoms with Crippen molar-refractivity contribution in [2.45, 2.75) is 33.4 Å². The van der Waals surface area contributed by atoms with Gasteiger partial charge < -0.3 is 15.5 Å². The molecule has 0 aromatic carbocycles. The van der Waals surface area contributed by atoms with Gasteiger partial charge in [-0.15, -0.1) is 12.4 Å². The molecule has 3 N–H and O–H groups in total. The Hall–Kier alpha value is -1.79. The first-order valence-corrected chi connectivity index (χ1v) is 6.67. The molecule has 2 heterocycles. The number of carbonyl (C=O) groups is 1. The molecule has 0 atom stereocenters. The molecule has 1 amide bonds. The molecule has 2 rings (SSSR count). The molecule has 0 fully saturated rings. The minimum absolute atomic E-state index is 0. The minimum Gasteiger partial charge on any atom is -0.467 e. The minimum atomic E-state index is -0.137. The van der Waals surface area contributed by atoms with Crippen molar-refractivity contribution in [1.82, 2.24) is 15.1 Å². The molecule has 2 aromatic rings. The van der Waals surface area contributed by atoms with Crippen LogP contribution >= 0.6 is 12.4 Å². The van der Waals surface area contributed by atoms with Crippen molar-refractivity contribution in [2.24, 2.45) is 5.73 Å². The van der Waals surface area contributed by atoms with Gasteiger partial charge in [-0.05, 0) is 32.4 Å². The van der Waals surface area contributed by atoms with Crippen molar-refractivity contribution in [3.8, 4) is 0 Å². The van der Waals surface area contributed by atoms with E-state index in [-0.39, 0.29) is 18.3 Å². The molecule has 21 heavy (non-hydrogen) atoms. The van der Waals surface area contributed by atoms with E-state index in [0.717, 1.165) is 24.4 Å². The maximum Gasteiger partial charge on any atom is 0.254 e. The fourth-order valence-electron chi connectivity index (χ4n) is 2.04. The van der Waals surface area contributed by atoms with Crippen LogP contribution in [-0.2, 0) is 13.1 Å². The molecule has 0 spiro atoms. The van der Waals surface area contributed by atoms with E-state index in [1.165, 1.54) is 6.26 Å². The van der Waals surface area contributed by atoms with Gasteiger partial charge in [0.15, 0.2) is 0 Å².